The zero-order chi connectivity index (χ0) is 22.1. The van der Waals surface area contributed by atoms with Crippen LogP contribution in [-0.4, -0.2) is 37.0 Å². The number of piperidine rings is 1. The third-order valence-electron chi connectivity index (χ3n) is 5.64. The number of amides is 2. The second kappa shape index (κ2) is 11.2. The number of nitrogens with zero attached hydrogens (tertiary/aromatic N) is 2. The van der Waals surface area contributed by atoms with Crippen molar-refractivity contribution in [2.45, 2.75) is 51.1 Å². The van der Waals surface area contributed by atoms with Crippen molar-refractivity contribution in [3.63, 3.8) is 0 Å². The lowest BCUT2D eigenvalue weighted by atomic mass is 10.0. The molecule has 2 amide bonds. The van der Waals surface area contributed by atoms with Crippen LogP contribution in [0, 0.1) is 11.3 Å². The number of hydrogen-bond donors (Lipinski definition) is 2. The fourth-order valence-electron chi connectivity index (χ4n) is 3.91. The van der Waals surface area contributed by atoms with Gasteiger partial charge in [0.05, 0.1) is 18.1 Å². The van der Waals surface area contributed by atoms with Crippen molar-refractivity contribution in [1.29, 1.82) is 5.26 Å². The highest BCUT2D eigenvalue weighted by Crippen LogP contribution is 2.20. The largest absolute Gasteiger partial charge is 0.371 e. The first-order valence-electron chi connectivity index (χ1n) is 11.0. The highest BCUT2D eigenvalue weighted by Gasteiger charge is 2.25. The van der Waals surface area contributed by atoms with Crippen LogP contribution in [0.5, 0.6) is 0 Å². The Bertz CT molecular complexity index is 897. The molecule has 1 atom stereocenters. The Labute approximate surface area is 184 Å². The lowest BCUT2D eigenvalue weighted by molar-refractivity contribution is -0.129. The minimum absolute atomic E-state index is 0.0971. The summed E-state index contributed by atoms with van der Waals surface area (Å²) < 4.78 is 0. The third-order valence-corrected chi connectivity index (χ3v) is 5.64. The maximum Gasteiger partial charge on any atom is 0.242 e. The predicted octanol–water partition coefficient (Wildman–Crippen LogP) is 3.17. The van der Waals surface area contributed by atoms with Crippen molar-refractivity contribution in [3.8, 4) is 6.07 Å². The van der Waals surface area contributed by atoms with Crippen LogP contribution in [0.15, 0.2) is 54.6 Å². The van der Waals surface area contributed by atoms with Crippen LogP contribution in [0.1, 0.15) is 43.7 Å². The van der Waals surface area contributed by atoms with Crippen molar-refractivity contribution in [2.24, 2.45) is 0 Å². The summed E-state index contributed by atoms with van der Waals surface area (Å²) in [7, 11) is 0. The van der Waals surface area contributed by atoms with Crippen LogP contribution in [0.4, 0.5) is 5.69 Å². The van der Waals surface area contributed by atoms with E-state index in [1.54, 1.807) is 0 Å². The third kappa shape index (κ3) is 6.58. The molecular weight excluding hydrogens is 388 g/mol. The second-order valence-corrected chi connectivity index (χ2v) is 8.00. The lowest BCUT2D eigenvalue weighted by Gasteiger charge is -2.34. The van der Waals surface area contributed by atoms with E-state index in [-0.39, 0.29) is 24.3 Å². The minimum Gasteiger partial charge on any atom is -0.371 e. The predicted molar refractivity (Wildman–Crippen MR) is 122 cm³/mol. The van der Waals surface area contributed by atoms with Gasteiger partial charge in [0.15, 0.2) is 0 Å². The Morgan fingerprint density at radius 2 is 1.77 bits per heavy atom. The van der Waals surface area contributed by atoms with E-state index >= 15 is 0 Å². The molecule has 2 aromatic rings. The van der Waals surface area contributed by atoms with Gasteiger partial charge in [0.2, 0.25) is 11.8 Å². The first-order chi connectivity index (χ1) is 15.1. The van der Waals surface area contributed by atoms with Crippen LogP contribution in [0.2, 0.25) is 0 Å². The molecule has 1 heterocycles. The zero-order valence-corrected chi connectivity index (χ0v) is 18.0. The molecule has 0 spiro atoms. The maximum atomic E-state index is 12.8. The van der Waals surface area contributed by atoms with Gasteiger partial charge in [-0.15, -0.1) is 0 Å². The quantitative estimate of drug-likeness (QED) is 0.690. The summed E-state index contributed by atoms with van der Waals surface area (Å²) in [5.41, 5.74) is 2.69. The highest BCUT2D eigenvalue weighted by molar-refractivity contribution is 5.88. The van der Waals surface area contributed by atoms with E-state index in [1.165, 1.54) is 0 Å². The first kappa shape index (κ1) is 22.4. The molecule has 6 heteroatoms. The second-order valence-electron chi connectivity index (χ2n) is 8.00. The van der Waals surface area contributed by atoms with Crippen LogP contribution in [0.25, 0.3) is 0 Å². The molecule has 31 heavy (non-hydrogen) atoms. The number of nitrogens with one attached hydrogen (secondary N) is 2. The fraction of sp³-hybridized carbons (Fsp3) is 0.400. The smallest absolute Gasteiger partial charge is 0.242 e. The number of hydrogen-bond acceptors (Lipinski definition) is 4. The molecule has 1 aliphatic rings. The van der Waals surface area contributed by atoms with Gasteiger partial charge in [-0.05, 0) is 49.1 Å². The molecular formula is C25H30N4O2. The van der Waals surface area contributed by atoms with E-state index in [0.29, 0.717) is 12.0 Å². The molecule has 0 aromatic heterocycles. The molecule has 0 radical (unpaired) electrons. The van der Waals surface area contributed by atoms with Gasteiger partial charge in [0.1, 0.15) is 6.04 Å². The highest BCUT2D eigenvalue weighted by atomic mass is 16.2. The normalized spacial score (nSPS) is 15.0. The van der Waals surface area contributed by atoms with E-state index in [1.807, 2.05) is 61.5 Å². The Kier molecular flexibility index (Phi) is 8.05. The molecule has 0 bridgehead atoms. The Morgan fingerprint density at radius 3 is 2.39 bits per heavy atom. The summed E-state index contributed by atoms with van der Waals surface area (Å²) in [5.74, 6) is -0.226. The van der Waals surface area contributed by atoms with E-state index in [4.69, 9.17) is 5.26 Å². The molecule has 2 N–H and O–H groups in total. The topological polar surface area (TPSA) is 85.2 Å². The Balaban J connectivity index is 1.49. The number of anilines is 1. The molecule has 162 valence electrons. The number of rotatable bonds is 8. The minimum atomic E-state index is -0.502. The van der Waals surface area contributed by atoms with Gasteiger partial charge in [-0.25, -0.2) is 0 Å². The van der Waals surface area contributed by atoms with E-state index in [2.05, 4.69) is 21.6 Å². The van der Waals surface area contributed by atoms with Gasteiger partial charge in [-0.1, -0.05) is 43.7 Å². The van der Waals surface area contributed by atoms with Crippen LogP contribution in [0.3, 0.4) is 0 Å². The van der Waals surface area contributed by atoms with Gasteiger partial charge >= 0.3 is 0 Å². The van der Waals surface area contributed by atoms with Crippen molar-refractivity contribution < 1.29 is 9.59 Å². The van der Waals surface area contributed by atoms with Crippen molar-refractivity contribution >= 4 is 17.5 Å². The fourth-order valence-corrected chi connectivity index (χ4v) is 3.91. The molecule has 2 aromatic carbocycles. The summed E-state index contributed by atoms with van der Waals surface area (Å²) in [5, 5.41) is 15.0. The summed E-state index contributed by atoms with van der Waals surface area (Å²) in [6.45, 7) is 3.70. The number of carbonyl (C=O) groups is 2. The first-order valence-corrected chi connectivity index (χ1v) is 11.0. The van der Waals surface area contributed by atoms with E-state index in [0.717, 1.165) is 43.6 Å². The number of benzene rings is 2. The standard InChI is InChI=1S/C25H30N4O2/c1-2-6-23(28-24(30)17-19-7-4-3-5-8-19)25(31)27-21-13-15-29(16-14-21)22-11-9-20(18-26)10-12-22/h3-5,7-12,21,23H,2,6,13-17H2,1H3,(H,27,31)(H,28,30). The summed E-state index contributed by atoms with van der Waals surface area (Å²) in [6.07, 6.45) is 3.42. The van der Waals surface area contributed by atoms with Crippen LogP contribution in [-0.2, 0) is 16.0 Å². The molecule has 0 aliphatic carbocycles. The molecule has 1 fully saturated rings. The number of carbonyl (C=O) groups excluding carboxylic acids is 2. The number of nitriles is 1. The van der Waals surface area contributed by atoms with Crippen LogP contribution < -0.4 is 15.5 Å². The Morgan fingerprint density at radius 1 is 1.10 bits per heavy atom. The molecule has 1 unspecified atom stereocenters. The van der Waals surface area contributed by atoms with Gasteiger partial charge in [-0.3, -0.25) is 9.59 Å². The molecule has 3 rings (SSSR count). The molecule has 6 nitrogen and oxygen atoms in total. The van der Waals surface area contributed by atoms with Gasteiger partial charge in [0, 0.05) is 24.8 Å². The van der Waals surface area contributed by atoms with E-state index < -0.39 is 6.04 Å². The monoisotopic (exact) mass is 418 g/mol. The molecule has 1 aliphatic heterocycles. The summed E-state index contributed by atoms with van der Waals surface area (Å²) in [4.78, 5) is 27.5. The lowest BCUT2D eigenvalue weighted by Crippen LogP contribution is -2.52. The molecule has 0 saturated carbocycles. The van der Waals surface area contributed by atoms with Crippen molar-refractivity contribution in [3.05, 3.63) is 65.7 Å². The SMILES string of the molecule is CCCC(NC(=O)Cc1ccccc1)C(=O)NC1CCN(c2ccc(C#N)cc2)CC1. The van der Waals surface area contributed by atoms with E-state index in [9.17, 15) is 9.59 Å². The zero-order valence-electron chi connectivity index (χ0n) is 18.0. The average molecular weight is 419 g/mol. The van der Waals surface area contributed by atoms with Crippen molar-refractivity contribution in [2.75, 3.05) is 18.0 Å². The summed E-state index contributed by atoms with van der Waals surface area (Å²) in [6, 6.07) is 18.9. The Hall–Kier alpha value is -3.33. The van der Waals surface area contributed by atoms with Gasteiger partial charge in [0.25, 0.3) is 0 Å². The van der Waals surface area contributed by atoms with Gasteiger partial charge in [-0.2, -0.15) is 5.26 Å². The van der Waals surface area contributed by atoms with Crippen LogP contribution >= 0.6 is 0 Å². The maximum absolute atomic E-state index is 12.8. The summed E-state index contributed by atoms with van der Waals surface area (Å²) >= 11 is 0. The average Bonchev–Trinajstić information content (AvgIpc) is 2.80. The molecule has 1 saturated heterocycles. The van der Waals surface area contributed by atoms with Crippen molar-refractivity contribution in [1.82, 2.24) is 10.6 Å². The van der Waals surface area contributed by atoms with Gasteiger partial charge < -0.3 is 15.5 Å².